The fourth-order valence-electron chi connectivity index (χ4n) is 3.98. The quantitative estimate of drug-likeness (QED) is 0.410. The summed E-state index contributed by atoms with van der Waals surface area (Å²) >= 11 is 0. The molecule has 1 saturated heterocycles. The number of pyridine rings is 2. The van der Waals surface area contributed by atoms with Gasteiger partial charge in [-0.3, -0.25) is 4.79 Å². The van der Waals surface area contributed by atoms with Gasteiger partial charge >= 0.3 is 0 Å². The van der Waals surface area contributed by atoms with E-state index in [9.17, 15) is 18.7 Å². The molecule has 0 saturated carbocycles. The number of carbonyl (C=O) groups is 1. The van der Waals surface area contributed by atoms with Crippen LogP contribution in [-0.2, 0) is 9.53 Å². The van der Waals surface area contributed by atoms with Gasteiger partial charge in [-0.15, -0.1) is 0 Å². The number of fused-ring (bicyclic) bond motifs is 1. The zero-order valence-electron chi connectivity index (χ0n) is 18.4. The number of halogens is 2. The van der Waals surface area contributed by atoms with Gasteiger partial charge in [-0.05, 0) is 44.2 Å². The number of H-pyrrole nitrogens is 1. The summed E-state index contributed by atoms with van der Waals surface area (Å²) in [7, 11) is 0. The number of hydrogen-bond donors (Lipinski definition) is 3. The van der Waals surface area contributed by atoms with Crippen molar-refractivity contribution in [2.45, 2.75) is 19.4 Å². The molecule has 0 spiro atoms. The molecule has 34 heavy (non-hydrogen) atoms. The molecule has 5 rings (SSSR count). The van der Waals surface area contributed by atoms with Crippen molar-refractivity contribution in [3.63, 3.8) is 0 Å². The lowest BCUT2D eigenvalue weighted by Gasteiger charge is -2.37. The fraction of sp³-hybridized carbons (Fsp3) is 0.208. The zero-order chi connectivity index (χ0) is 24.0. The first-order valence-corrected chi connectivity index (χ1v) is 10.6. The van der Waals surface area contributed by atoms with Crippen molar-refractivity contribution in [2.24, 2.45) is 0 Å². The van der Waals surface area contributed by atoms with Crippen molar-refractivity contribution in [3.8, 4) is 17.1 Å². The van der Waals surface area contributed by atoms with Gasteiger partial charge < -0.3 is 25.0 Å². The Morgan fingerprint density at radius 1 is 1.21 bits per heavy atom. The average molecular weight is 465 g/mol. The first kappa shape index (κ1) is 21.8. The second-order valence-corrected chi connectivity index (χ2v) is 8.39. The molecule has 0 radical (unpaired) electrons. The van der Waals surface area contributed by atoms with Crippen LogP contribution in [0.25, 0.3) is 22.2 Å². The van der Waals surface area contributed by atoms with Gasteiger partial charge in [0.2, 0.25) is 0 Å². The SMILES string of the molecule is CC1(C)OCCN(c2ccc(Nc3cc(-c4c(F)cccc4F)nc4c[nH]c(O)c34)nc2)C1=O. The molecule has 0 bridgehead atoms. The Morgan fingerprint density at radius 2 is 1.97 bits per heavy atom. The van der Waals surface area contributed by atoms with Crippen LogP contribution in [0, 0.1) is 11.6 Å². The van der Waals surface area contributed by atoms with E-state index in [1.807, 2.05) is 0 Å². The minimum Gasteiger partial charge on any atom is -0.494 e. The van der Waals surface area contributed by atoms with Crippen LogP contribution in [0.2, 0.25) is 0 Å². The number of anilines is 3. The molecule has 4 aromatic rings. The second kappa shape index (κ2) is 8.07. The van der Waals surface area contributed by atoms with Gasteiger partial charge in [0, 0.05) is 12.7 Å². The number of aromatic hydroxyl groups is 1. The van der Waals surface area contributed by atoms with E-state index in [2.05, 4.69) is 20.3 Å². The summed E-state index contributed by atoms with van der Waals surface area (Å²) < 4.78 is 34.3. The Kier molecular flexibility index (Phi) is 5.17. The Bertz CT molecular complexity index is 1380. The van der Waals surface area contributed by atoms with Crippen LogP contribution in [-0.4, -0.2) is 44.7 Å². The van der Waals surface area contributed by atoms with E-state index < -0.39 is 17.2 Å². The van der Waals surface area contributed by atoms with Crippen LogP contribution in [0.15, 0.2) is 48.8 Å². The molecule has 10 heteroatoms. The molecular formula is C24H21F2N5O3. The summed E-state index contributed by atoms with van der Waals surface area (Å²) in [6.45, 7) is 4.27. The molecule has 8 nitrogen and oxygen atoms in total. The Labute approximate surface area is 193 Å². The van der Waals surface area contributed by atoms with E-state index in [0.29, 0.717) is 41.2 Å². The van der Waals surface area contributed by atoms with Gasteiger partial charge in [-0.25, -0.2) is 18.7 Å². The number of morpholine rings is 1. The number of rotatable bonds is 4. The highest BCUT2D eigenvalue weighted by Gasteiger charge is 2.37. The predicted octanol–water partition coefficient (Wildman–Crippen LogP) is 4.49. The summed E-state index contributed by atoms with van der Waals surface area (Å²) in [5.74, 6) is -1.41. The van der Waals surface area contributed by atoms with Gasteiger partial charge in [0.05, 0.1) is 46.3 Å². The van der Waals surface area contributed by atoms with E-state index in [0.717, 1.165) is 12.1 Å². The maximum absolute atomic E-state index is 14.4. The Balaban J connectivity index is 1.50. The average Bonchev–Trinajstić information content (AvgIpc) is 3.17. The molecule has 1 amide bonds. The number of nitrogens with zero attached hydrogens (tertiary/aromatic N) is 3. The number of benzene rings is 1. The van der Waals surface area contributed by atoms with Crippen LogP contribution < -0.4 is 10.2 Å². The van der Waals surface area contributed by atoms with Crippen molar-refractivity contribution in [1.29, 1.82) is 0 Å². The molecule has 4 heterocycles. The number of ether oxygens (including phenoxy) is 1. The van der Waals surface area contributed by atoms with E-state index in [1.165, 1.54) is 18.3 Å². The molecule has 3 aromatic heterocycles. The molecule has 1 aliphatic rings. The smallest absolute Gasteiger partial charge is 0.258 e. The molecule has 3 N–H and O–H groups in total. The highest BCUT2D eigenvalue weighted by molar-refractivity contribution is 6.00. The number of hydrogen-bond acceptors (Lipinski definition) is 6. The summed E-state index contributed by atoms with van der Waals surface area (Å²) in [5.41, 5.74) is 0.156. The van der Waals surface area contributed by atoms with E-state index >= 15 is 0 Å². The topological polar surface area (TPSA) is 103 Å². The first-order chi connectivity index (χ1) is 16.2. The first-order valence-electron chi connectivity index (χ1n) is 10.6. The third kappa shape index (κ3) is 3.71. The number of nitrogens with one attached hydrogen (secondary N) is 2. The maximum atomic E-state index is 14.4. The lowest BCUT2D eigenvalue weighted by molar-refractivity contribution is -0.144. The Hall–Kier alpha value is -4.05. The molecule has 0 atom stereocenters. The summed E-state index contributed by atoms with van der Waals surface area (Å²) in [5, 5.41) is 13.7. The van der Waals surface area contributed by atoms with Gasteiger partial charge in [0.25, 0.3) is 5.91 Å². The van der Waals surface area contributed by atoms with Crippen molar-refractivity contribution < 1.29 is 23.4 Å². The van der Waals surface area contributed by atoms with Crippen LogP contribution in [0.3, 0.4) is 0 Å². The zero-order valence-corrected chi connectivity index (χ0v) is 18.4. The van der Waals surface area contributed by atoms with E-state index in [1.54, 1.807) is 37.1 Å². The molecule has 1 aromatic carbocycles. The predicted molar refractivity (Wildman–Crippen MR) is 123 cm³/mol. The van der Waals surface area contributed by atoms with Crippen molar-refractivity contribution in [2.75, 3.05) is 23.4 Å². The number of aromatic nitrogens is 3. The lowest BCUT2D eigenvalue weighted by Crippen LogP contribution is -2.53. The molecule has 0 unspecified atom stereocenters. The largest absolute Gasteiger partial charge is 0.494 e. The van der Waals surface area contributed by atoms with Crippen molar-refractivity contribution >= 4 is 34.0 Å². The third-order valence-electron chi connectivity index (χ3n) is 5.71. The second-order valence-electron chi connectivity index (χ2n) is 8.39. The number of carbonyl (C=O) groups excluding carboxylic acids is 1. The Morgan fingerprint density at radius 3 is 2.68 bits per heavy atom. The molecule has 0 aliphatic carbocycles. The van der Waals surface area contributed by atoms with Crippen LogP contribution in [0.4, 0.5) is 26.0 Å². The van der Waals surface area contributed by atoms with Crippen molar-refractivity contribution in [1.82, 2.24) is 15.0 Å². The highest BCUT2D eigenvalue weighted by Crippen LogP contribution is 2.36. The molecular weight excluding hydrogens is 444 g/mol. The summed E-state index contributed by atoms with van der Waals surface area (Å²) in [6, 6.07) is 8.44. The lowest BCUT2D eigenvalue weighted by atomic mass is 10.1. The van der Waals surface area contributed by atoms with E-state index in [4.69, 9.17) is 4.74 Å². The minimum absolute atomic E-state index is 0.0577. The maximum Gasteiger partial charge on any atom is 0.258 e. The monoisotopic (exact) mass is 465 g/mol. The van der Waals surface area contributed by atoms with E-state index in [-0.39, 0.29) is 23.0 Å². The number of aromatic amines is 1. The highest BCUT2D eigenvalue weighted by atomic mass is 19.1. The molecule has 1 fully saturated rings. The standard InChI is InChI=1S/C24H21F2N5O3/c1-24(2)23(33)31(8-9-34-24)13-6-7-19(27-11-13)30-17-10-16(20-14(25)4-3-5-15(20)26)29-18-12-28-22(32)21(17)18/h3-7,10-12,28,32H,8-9H2,1-2H3,(H,27,30). The minimum atomic E-state index is -0.915. The third-order valence-corrected chi connectivity index (χ3v) is 5.71. The molecule has 1 aliphatic heterocycles. The summed E-state index contributed by atoms with van der Waals surface area (Å²) in [6.07, 6.45) is 2.99. The fourth-order valence-corrected chi connectivity index (χ4v) is 3.98. The van der Waals surface area contributed by atoms with Gasteiger partial charge in [0.1, 0.15) is 23.1 Å². The van der Waals surface area contributed by atoms with Crippen LogP contribution >= 0.6 is 0 Å². The van der Waals surface area contributed by atoms with Gasteiger partial charge in [0.15, 0.2) is 5.88 Å². The van der Waals surface area contributed by atoms with Crippen LogP contribution in [0.1, 0.15) is 13.8 Å². The van der Waals surface area contributed by atoms with Gasteiger partial charge in [-0.2, -0.15) is 0 Å². The molecule has 174 valence electrons. The van der Waals surface area contributed by atoms with Crippen molar-refractivity contribution in [3.05, 3.63) is 60.4 Å². The van der Waals surface area contributed by atoms with Crippen LogP contribution in [0.5, 0.6) is 5.88 Å². The van der Waals surface area contributed by atoms with Gasteiger partial charge in [-0.1, -0.05) is 6.07 Å². The summed E-state index contributed by atoms with van der Waals surface area (Å²) in [4.78, 5) is 25.6. The normalized spacial score (nSPS) is 15.6. The number of amides is 1.